The SMILES string of the molecule is C=CCNC(=O)C/C(C)=N/NC(=O)c1cccc(C)c1O. The summed E-state index contributed by atoms with van der Waals surface area (Å²) in [7, 11) is 0. The summed E-state index contributed by atoms with van der Waals surface area (Å²) in [6.07, 6.45) is 1.65. The molecule has 0 aliphatic carbocycles. The van der Waals surface area contributed by atoms with E-state index in [1.54, 1.807) is 32.1 Å². The van der Waals surface area contributed by atoms with Gasteiger partial charge in [-0.25, -0.2) is 5.43 Å². The highest BCUT2D eigenvalue weighted by Gasteiger charge is 2.12. The second kappa shape index (κ2) is 7.84. The molecule has 1 aromatic rings. The van der Waals surface area contributed by atoms with Crippen LogP contribution in [0.3, 0.4) is 0 Å². The van der Waals surface area contributed by atoms with E-state index in [-0.39, 0.29) is 23.6 Å². The number of nitrogens with one attached hydrogen (secondary N) is 2. The summed E-state index contributed by atoms with van der Waals surface area (Å²) in [4.78, 5) is 23.3. The van der Waals surface area contributed by atoms with Crippen LogP contribution in [-0.2, 0) is 4.79 Å². The summed E-state index contributed by atoms with van der Waals surface area (Å²) in [6, 6.07) is 4.87. The van der Waals surface area contributed by atoms with Gasteiger partial charge in [-0.1, -0.05) is 18.2 Å². The van der Waals surface area contributed by atoms with Crippen LogP contribution >= 0.6 is 0 Å². The molecule has 0 aromatic heterocycles. The molecule has 0 radical (unpaired) electrons. The number of benzene rings is 1. The van der Waals surface area contributed by atoms with Crippen molar-refractivity contribution in [1.29, 1.82) is 0 Å². The van der Waals surface area contributed by atoms with Gasteiger partial charge in [0.2, 0.25) is 5.91 Å². The lowest BCUT2D eigenvalue weighted by Crippen LogP contribution is -2.26. The normalized spacial score (nSPS) is 10.9. The van der Waals surface area contributed by atoms with Crippen LogP contribution in [0.15, 0.2) is 36.0 Å². The van der Waals surface area contributed by atoms with Gasteiger partial charge in [-0.3, -0.25) is 9.59 Å². The zero-order valence-electron chi connectivity index (χ0n) is 12.1. The maximum atomic E-state index is 11.9. The Kier molecular flexibility index (Phi) is 6.13. The number of hydrogen-bond acceptors (Lipinski definition) is 4. The lowest BCUT2D eigenvalue weighted by Gasteiger charge is -2.06. The minimum absolute atomic E-state index is 0.0772. The maximum Gasteiger partial charge on any atom is 0.275 e. The second-order valence-corrected chi connectivity index (χ2v) is 4.53. The van der Waals surface area contributed by atoms with Gasteiger partial charge in [-0.05, 0) is 25.5 Å². The van der Waals surface area contributed by atoms with Gasteiger partial charge in [0.25, 0.3) is 5.91 Å². The first-order valence-corrected chi connectivity index (χ1v) is 6.45. The number of phenolic OH excluding ortho intramolecular Hbond substituents is 1. The molecule has 0 fully saturated rings. The van der Waals surface area contributed by atoms with Crippen molar-refractivity contribution in [3.05, 3.63) is 42.0 Å². The van der Waals surface area contributed by atoms with Crippen LogP contribution in [0.5, 0.6) is 5.75 Å². The van der Waals surface area contributed by atoms with Gasteiger partial charge < -0.3 is 10.4 Å². The molecule has 0 aliphatic heterocycles. The van der Waals surface area contributed by atoms with Crippen LogP contribution in [0.1, 0.15) is 29.3 Å². The summed E-state index contributed by atoms with van der Waals surface area (Å²) < 4.78 is 0. The Morgan fingerprint density at radius 3 is 2.81 bits per heavy atom. The number of rotatable bonds is 6. The molecule has 21 heavy (non-hydrogen) atoms. The van der Waals surface area contributed by atoms with E-state index in [2.05, 4.69) is 22.4 Å². The number of para-hydroxylation sites is 1. The molecule has 1 rings (SSSR count). The van der Waals surface area contributed by atoms with Gasteiger partial charge in [0.15, 0.2) is 0 Å². The van der Waals surface area contributed by atoms with E-state index in [9.17, 15) is 14.7 Å². The zero-order chi connectivity index (χ0) is 15.8. The van der Waals surface area contributed by atoms with Gasteiger partial charge in [-0.2, -0.15) is 5.10 Å². The third-order valence-electron chi connectivity index (χ3n) is 2.69. The fourth-order valence-corrected chi connectivity index (χ4v) is 1.57. The van der Waals surface area contributed by atoms with Crippen molar-refractivity contribution >= 4 is 17.5 Å². The smallest absolute Gasteiger partial charge is 0.275 e. The summed E-state index contributed by atoms with van der Waals surface area (Å²) in [6.45, 7) is 7.21. The average molecular weight is 289 g/mol. The summed E-state index contributed by atoms with van der Waals surface area (Å²) in [5, 5.41) is 16.2. The molecule has 2 amide bonds. The molecule has 0 spiro atoms. The van der Waals surface area contributed by atoms with Gasteiger partial charge in [0.1, 0.15) is 5.75 Å². The molecule has 6 heteroatoms. The van der Waals surface area contributed by atoms with Crippen LogP contribution in [0.2, 0.25) is 0 Å². The fourth-order valence-electron chi connectivity index (χ4n) is 1.57. The molecule has 0 heterocycles. The first-order chi connectivity index (χ1) is 9.95. The molecular formula is C15H19N3O3. The number of hydrogen-bond donors (Lipinski definition) is 3. The summed E-state index contributed by atoms with van der Waals surface area (Å²) in [5.41, 5.74) is 3.52. The molecule has 0 saturated carbocycles. The molecule has 6 nitrogen and oxygen atoms in total. The van der Waals surface area contributed by atoms with Crippen molar-refractivity contribution in [3.63, 3.8) is 0 Å². The Hall–Kier alpha value is -2.63. The van der Waals surface area contributed by atoms with Crippen molar-refractivity contribution < 1.29 is 14.7 Å². The predicted molar refractivity (Wildman–Crippen MR) is 81.2 cm³/mol. The quantitative estimate of drug-likeness (QED) is 0.421. The van der Waals surface area contributed by atoms with Crippen LogP contribution in [-0.4, -0.2) is 29.2 Å². The minimum Gasteiger partial charge on any atom is -0.507 e. The van der Waals surface area contributed by atoms with Crippen LogP contribution in [0, 0.1) is 6.92 Å². The molecule has 1 aromatic carbocycles. The molecular weight excluding hydrogens is 270 g/mol. The molecule has 0 bridgehead atoms. The van der Waals surface area contributed by atoms with Gasteiger partial charge >= 0.3 is 0 Å². The predicted octanol–water partition coefficient (Wildman–Crippen LogP) is 1.50. The van der Waals surface area contributed by atoms with Gasteiger partial charge in [0.05, 0.1) is 12.0 Å². The minimum atomic E-state index is -0.526. The molecule has 0 saturated heterocycles. The van der Waals surface area contributed by atoms with E-state index in [4.69, 9.17) is 0 Å². The van der Waals surface area contributed by atoms with Crippen molar-refractivity contribution in [3.8, 4) is 5.75 Å². The Bertz CT molecular complexity index is 580. The Morgan fingerprint density at radius 2 is 2.14 bits per heavy atom. The highest BCUT2D eigenvalue weighted by atomic mass is 16.3. The summed E-state index contributed by atoms with van der Waals surface area (Å²) in [5.74, 6) is -0.808. The Balaban J connectivity index is 2.62. The molecule has 0 aliphatic rings. The number of carbonyl (C=O) groups excluding carboxylic acids is 2. The number of amides is 2. The van der Waals surface area contributed by atoms with Crippen molar-refractivity contribution in [2.75, 3.05) is 6.54 Å². The first-order valence-electron chi connectivity index (χ1n) is 6.45. The average Bonchev–Trinajstić information content (AvgIpc) is 2.45. The van der Waals surface area contributed by atoms with E-state index in [0.717, 1.165) is 0 Å². The van der Waals surface area contributed by atoms with Crippen molar-refractivity contribution in [2.24, 2.45) is 5.10 Å². The van der Waals surface area contributed by atoms with E-state index in [0.29, 0.717) is 17.8 Å². The highest BCUT2D eigenvalue weighted by molar-refractivity contribution is 6.01. The van der Waals surface area contributed by atoms with E-state index >= 15 is 0 Å². The van der Waals surface area contributed by atoms with Gasteiger partial charge in [0, 0.05) is 12.3 Å². The lowest BCUT2D eigenvalue weighted by molar-refractivity contribution is -0.119. The molecule has 0 atom stereocenters. The molecule has 112 valence electrons. The van der Waals surface area contributed by atoms with Crippen LogP contribution in [0.25, 0.3) is 0 Å². The summed E-state index contributed by atoms with van der Waals surface area (Å²) >= 11 is 0. The first kappa shape index (κ1) is 16.4. The lowest BCUT2D eigenvalue weighted by atomic mass is 10.1. The van der Waals surface area contributed by atoms with E-state index in [1.807, 2.05) is 0 Å². The largest absolute Gasteiger partial charge is 0.507 e. The van der Waals surface area contributed by atoms with Gasteiger partial charge in [-0.15, -0.1) is 6.58 Å². The number of hydrazone groups is 1. The Labute approximate surface area is 123 Å². The molecule has 0 unspecified atom stereocenters. The third kappa shape index (κ3) is 5.10. The number of aryl methyl sites for hydroxylation is 1. The number of aromatic hydroxyl groups is 1. The van der Waals surface area contributed by atoms with Crippen LogP contribution in [0.4, 0.5) is 0 Å². The van der Waals surface area contributed by atoms with E-state index in [1.165, 1.54) is 6.07 Å². The highest BCUT2D eigenvalue weighted by Crippen LogP contribution is 2.20. The third-order valence-corrected chi connectivity index (χ3v) is 2.69. The van der Waals surface area contributed by atoms with E-state index < -0.39 is 5.91 Å². The van der Waals surface area contributed by atoms with Crippen molar-refractivity contribution in [2.45, 2.75) is 20.3 Å². The second-order valence-electron chi connectivity index (χ2n) is 4.53. The zero-order valence-corrected chi connectivity index (χ0v) is 12.1. The monoisotopic (exact) mass is 289 g/mol. The topological polar surface area (TPSA) is 90.8 Å². The standard InChI is InChI=1S/C15H19N3O3/c1-4-8-16-13(19)9-11(3)17-18-15(21)12-7-5-6-10(2)14(12)20/h4-7,20H,1,8-9H2,2-3H3,(H,16,19)(H,18,21)/b17-11+. The number of carbonyl (C=O) groups is 2. The van der Waals surface area contributed by atoms with Crippen LogP contribution < -0.4 is 10.7 Å². The van der Waals surface area contributed by atoms with Crippen molar-refractivity contribution in [1.82, 2.24) is 10.7 Å². The molecule has 3 N–H and O–H groups in total. The maximum absolute atomic E-state index is 11.9. The Morgan fingerprint density at radius 1 is 1.43 bits per heavy atom. The fraction of sp³-hybridized carbons (Fsp3) is 0.267. The number of phenols is 1. The number of nitrogens with zero attached hydrogens (tertiary/aromatic N) is 1.